The van der Waals surface area contributed by atoms with E-state index in [2.05, 4.69) is 15.5 Å². The molecule has 128 valence electrons. The Bertz CT molecular complexity index is 1050. The second-order valence-corrected chi connectivity index (χ2v) is 5.75. The summed E-state index contributed by atoms with van der Waals surface area (Å²) in [6, 6.07) is 18.3. The number of amides is 1. The lowest BCUT2D eigenvalue weighted by Gasteiger charge is -2.04. The van der Waals surface area contributed by atoms with Gasteiger partial charge in [-0.15, -0.1) is 0 Å². The van der Waals surface area contributed by atoms with E-state index >= 15 is 0 Å². The van der Waals surface area contributed by atoms with E-state index < -0.39 is 0 Å². The highest BCUT2D eigenvalue weighted by Crippen LogP contribution is 2.26. The second-order valence-electron chi connectivity index (χ2n) is 5.75. The predicted octanol–water partition coefficient (Wildman–Crippen LogP) is 4.56. The van der Waals surface area contributed by atoms with E-state index in [1.807, 2.05) is 43.3 Å². The van der Waals surface area contributed by atoms with Crippen molar-refractivity contribution in [2.45, 2.75) is 6.92 Å². The zero-order valence-corrected chi connectivity index (χ0v) is 14.0. The van der Waals surface area contributed by atoms with Gasteiger partial charge in [-0.2, -0.15) is 4.98 Å². The van der Waals surface area contributed by atoms with Crippen LogP contribution in [0.5, 0.6) is 0 Å². The number of aryl methyl sites for hydroxylation is 1. The van der Waals surface area contributed by atoms with Gasteiger partial charge in [-0.3, -0.25) is 4.79 Å². The quantitative estimate of drug-likeness (QED) is 0.586. The molecule has 0 atom stereocenters. The van der Waals surface area contributed by atoms with Crippen molar-refractivity contribution in [1.29, 1.82) is 0 Å². The lowest BCUT2D eigenvalue weighted by molar-refractivity contribution is 0.0996. The fourth-order valence-electron chi connectivity index (χ4n) is 2.60. The summed E-state index contributed by atoms with van der Waals surface area (Å²) in [5.41, 5.74) is 3.32. The third-order valence-corrected chi connectivity index (χ3v) is 3.92. The fourth-order valence-corrected chi connectivity index (χ4v) is 2.60. The molecule has 6 nitrogen and oxygen atoms in total. The van der Waals surface area contributed by atoms with E-state index in [0.29, 0.717) is 17.4 Å². The molecule has 0 aliphatic heterocycles. The first-order valence-electron chi connectivity index (χ1n) is 8.06. The third kappa shape index (κ3) is 3.12. The van der Waals surface area contributed by atoms with Crippen molar-refractivity contribution in [3.8, 4) is 22.8 Å². The molecule has 0 fully saturated rings. The highest BCUT2D eigenvalue weighted by molar-refractivity contribution is 6.02. The zero-order chi connectivity index (χ0) is 17.9. The van der Waals surface area contributed by atoms with Gasteiger partial charge in [0.25, 0.3) is 11.8 Å². The molecular formula is C20H15N3O3. The van der Waals surface area contributed by atoms with Crippen molar-refractivity contribution in [2.75, 3.05) is 5.32 Å². The van der Waals surface area contributed by atoms with Gasteiger partial charge < -0.3 is 14.3 Å². The van der Waals surface area contributed by atoms with Gasteiger partial charge in [-0.05, 0) is 42.8 Å². The molecule has 4 rings (SSSR count). The predicted molar refractivity (Wildman–Crippen MR) is 96.6 cm³/mol. The van der Waals surface area contributed by atoms with Crippen molar-refractivity contribution in [2.24, 2.45) is 0 Å². The van der Waals surface area contributed by atoms with Crippen molar-refractivity contribution in [3.05, 3.63) is 78.3 Å². The summed E-state index contributed by atoms with van der Waals surface area (Å²) in [7, 11) is 0. The number of furan rings is 1. The molecule has 4 aromatic rings. The van der Waals surface area contributed by atoms with Gasteiger partial charge in [0.1, 0.15) is 0 Å². The topological polar surface area (TPSA) is 81.2 Å². The van der Waals surface area contributed by atoms with Gasteiger partial charge >= 0.3 is 0 Å². The summed E-state index contributed by atoms with van der Waals surface area (Å²) in [5.74, 6) is 0.841. The molecule has 0 unspecified atom stereocenters. The SMILES string of the molecule is Cc1ccccc1-c1noc(-c2cccc(NC(=O)c3ccco3)c2)n1. The van der Waals surface area contributed by atoms with E-state index in [4.69, 9.17) is 8.94 Å². The summed E-state index contributed by atoms with van der Waals surface area (Å²) >= 11 is 0. The van der Waals surface area contributed by atoms with Gasteiger partial charge in [0.2, 0.25) is 5.82 Å². The Labute approximate surface area is 149 Å². The molecule has 1 N–H and O–H groups in total. The van der Waals surface area contributed by atoms with E-state index in [-0.39, 0.29) is 11.7 Å². The van der Waals surface area contributed by atoms with Gasteiger partial charge in [-0.1, -0.05) is 35.5 Å². The number of nitrogens with zero attached hydrogens (tertiary/aromatic N) is 2. The first-order valence-corrected chi connectivity index (χ1v) is 8.06. The molecule has 0 saturated carbocycles. The van der Waals surface area contributed by atoms with Crippen molar-refractivity contribution < 1.29 is 13.7 Å². The van der Waals surface area contributed by atoms with E-state index in [1.54, 1.807) is 24.3 Å². The first kappa shape index (κ1) is 15.8. The molecule has 6 heteroatoms. The lowest BCUT2D eigenvalue weighted by Crippen LogP contribution is -2.10. The molecule has 0 radical (unpaired) electrons. The minimum absolute atomic E-state index is 0.245. The number of nitrogens with one attached hydrogen (secondary N) is 1. The molecule has 1 amide bonds. The highest BCUT2D eigenvalue weighted by atomic mass is 16.5. The summed E-state index contributed by atoms with van der Waals surface area (Å²) in [6.45, 7) is 2.00. The van der Waals surface area contributed by atoms with Gasteiger partial charge in [0.15, 0.2) is 5.76 Å². The van der Waals surface area contributed by atoms with E-state index in [1.165, 1.54) is 6.26 Å². The Morgan fingerprint density at radius 3 is 2.73 bits per heavy atom. The maximum absolute atomic E-state index is 12.1. The van der Waals surface area contributed by atoms with Crippen LogP contribution in [0.2, 0.25) is 0 Å². The summed E-state index contributed by atoms with van der Waals surface area (Å²) in [5, 5.41) is 6.85. The Kier molecular flexibility index (Phi) is 4.07. The maximum atomic E-state index is 12.1. The fraction of sp³-hybridized carbons (Fsp3) is 0.0500. The number of carbonyl (C=O) groups is 1. The van der Waals surface area contributed by atoms with Crippen LogP contribution in [0.1, 0.15) is 16.1 Å². The van der Waals surface area contributed by atoms with Crippen LogP contribution in [0.25, 0.3) is 22.8 Å². The molecule has 2 aromatic carbocycles. The number of anilines is 1. The molecular weight excluding hydrogens is 330 g/mol. The number of rotatable bonds is 4. The largest absolute Gasteiger partial charge is 0.459 e. The monoisotopic (exact) mass is 345 g/mol. The Balaban J connectivity index is 1.59. The van der Waals surface area contributed by atoms with Gasteiger partial charge in [0.05, 0.1) is 6.26 Å². The third-order valence-electron chi connectivity index (χ3n) is 3.92. The van der Waals surface area contributed by atoms with Crippen LogP contribution in [0.3, 0.4) is 0 Å². The Hall–Kier alpha value is -3.67. The van der Waals surface area contributed by atoms with Crippen LogP contribution in [0, 0.1) is 6.92 Å². The van der Waals surface area contributed by atoms with E-state index in [9.17, 15) is 4.79 Å². The number of hydrogen-bond acceptors (Lipinski definition) is 5. The van der Waals surface area contributed by atoms with Gasteiger partial charge in [-0.25, -0.2) is 0 Å². The smallest absolute Gasteiger partial charge is 0.291 e. The average molecular weight is 345 g/mol. The number of hydrogen-bond donors (Lipinski definition) is 1. The van der Waals surface area contributed by atoms with Crippen LogP contribution in [-0.2, 0) is 0 Å². The van der Waals surface area contributed by atoms with Crippen molar-refractivity contribution >= 4 is 11.6 Å². The summed E-state index contributed by atoms with van der Waals surface area (Å²) in [4.78, 5) is 16.6. The van der Waals surface area contributed by atoms with Crippen molar-refractivity contribution in [3.63, 3.8) is 0 Å². The zero-order valence-electron chi connectivity index (χ0n) is 14.0. The normalized spacial score (nSPS) is 10.7. The molecule has 2 aromatic heterocycles. The molecule has 0 bridgehead atoms. The lowest BCUT2D eigenvalue weighted by atomic mass is 10.1. The molecule has 0 saturated heterocycles. The first-order chi connectivity index (χ1) is 12.7. The average Bonchev–Trinajstić information content (AvgIpc) is 3.35. The molecule has 26 heavy (non-hydrogen) atoms. The molecule has 0 aliphatic carbocycles. The standard InChI is InChI=1S/C20H15N3O3/c1-13-6-2-3-9-16(13)18-22-20(26-23-18)14-7-4-8-15(12-14)21-19(24)17-10-5-11-25-17/h2-12H,1H3,(H,21,24). The number of aromatic nitrogens is 2. The highest BCUT2D eigenvalue weighted by Gasteiger charge is 2.14. The van der Waals surface area contributed by atoms with Crippen LogP contribution in [-0.4, -0.2) is 16.0 Å². The van der Waals surface area contributed by atoms with Crippen LogP contribution in [0.15, 0.2) is 75.9 Å². The summed E-state index contributed by atoms with van der Waals surface area (Å²) < 4.78 is 10.5. The molecule has 0 aliphatic rings. The Morgan fingerprint density at radius 2 is 1.92 bits per heavy atom. The van der Waals surface area contributed by atoms with Crippen LogP contribution in [0.4, 0.5) is 5.69 Å². The Morgan fingerprint density at radius 1 is 1.04 bits per heavy atom. The van der Waals surface area contributed by atoms with E-state index in [0.717, 1.165) is 16.7 Å². The molecule has 0 spiro atoms. The molecule has 2 heterocycles. The minimum atomic E-state index is -0.321. The van der Waals surface area contributed by atoms with Crippen molar-refractivity contribution in [1.82, 2.24) is 10.1 Å². The van der Waals surface area contributed by atoms with Crippen LogP contribution < -0.4 is 5.32 Å². The van der Waals surface area contributed by atoms with Gasteiger partial charge in [0, 0.05) is 16.8 Å². The summed E-state index contributed by atoms with van der Waals surface area (Å²) in [6.07, 6.45) is 1.46. The minimum Gasteiger partial charge on any atom is -0.459 e. The van der Waals surface area contributed by atoms with Crippen LogP contribution >= 0.6 is 0 Å². The number of carbonyl (C=O) groups excluding carboxylic acids is 1. The maximum Gasteiger partial charge on any atom is 0.291 e. The number of benzene rings is 2. The second kappa shape index (κ2) is 6.68.